The van der Waals surface area contributed by atoms with Gasteiger partial charge in [-0.15, -0.1) is 0 Å². The highest BCUT2D eigenvalue weighted by Crippen LogP contribution is 2.42. The van der Waals surface area contributed by atoms with E-state index >= 15 is 0 Å². The molecule has 0 radical (unpaired) electrons. The first-order valence-corrected chi connectivity index (χ1v) is 7.90. The third kappa shape index (κ3) is 3.58. The molecule has 1 aromatic carbocycles. The molecule has 3 rings (SSSR count). The van der Waals surface area contributed by atoms with Crippen LogP contribution in [0.3, 0.4) is 0 Å². The fourth-order valence-electron chi connectivity index (χ4n) is 2.53. The van der Waals surface area contributed by atoms with Crippen LogP contribution in [0.15, 0.2) is 41.0 Å². The molecule has 0 spiro atoms. The number of furan rings is 1. The monoisotopic (exact) mass is 335 g/mol. The predicted molar refractivity (Wildman–Crippen MR) is 85.4 cm³/mol. The van der Waals surface area contributed by atoms with Crippen LogP contribution in [0.25, 0.3) is 0 Å². The van der Waals surface area contributed by atoms with E-state index in [-0.39, 0.29) is 12.5 Å². The minimum absolute atomic E-state index is 0.305. The van der Waals surface area contributed by atoms with Gasteiger partial charge in [0.05, 0.1) is 24.5 Å². The number of benzene rings is 1. The standard InChI is InChI=1S/C17H18ClNO4/c18-12-5-3-10(4-6-12)15(21)14(9-20)19-17(22)13-7-8-23-16(13)11-1-2-11/h3-8,11,14-15,20-21H,1-2,9H2,(H,19,22). The van der Waals surface area contributed by atoms with Crippen LogP contribution in [-0.4, -0.2) is 28.8 Å². The van der Waals surface area contributed by atoms with Gasteiger partial charge in [-0.2, -0.15) is 0 Å². The molecular formula is C17H18ClNO4. The summed E-state index contributed by atoms with van der Waals surface area (Å²) in [6.45, 7) is -0.383. The molecule has 2 unspecified atom stereocenters. The first-order chi connectivity index (χ1) is 11.1. The smallest absolute Gasteiger partial charge is 0.255 e. The molecule has 2 aromatic rings. The average Bonchev–Trinajstić information content (AvgIpc) is 3.29. The van der Waals surface area contributed by atoms with Crippen molar-refractivity contribution in [1.29, 1.82) is 0 Å². The molecular weight excluding hydrogens is 318 g/mol. The van der Waals surface area contributed by atoms with Crippen molar-refractivity contribution in [3.8, 4) is 0 Å². The maximum atomic E-state index is 12.4. The van der Waals surface area contributed by atoms with Gasteiger partial charge in [0.2, 0.25) is 0 Å². The van der Waals surface area contributed by atoms with Crippen LogP contribution in [0, 0.1) is 0 Å². The Balaban J connectivity index is 1.72. The highest BCUT2D eigenvalue weighted by molar-refractivity contribution is 6.30. The third-order valence-electron chi connectivity index (χ3n) is 3.99. The second kappa shape index (κ2) is 6.74. The van der Waals surface area contributed by atoms with Gasteiger partial charge in [0.25, 0.3) is 5.91 Å². The lowest BCUT2D eigenvalue weighted by Crippen LogP contribution is -2.42. The summed E-state index contributed by atoms with van der Waals surface area (Å²) in [5.74, 6) is 0.632. The summed E-state index contributed by atoms with van der Waals surface area (Å²) in [5.41, 5.74) is 1.04. The Morgan fingerprint density at radius 1 is 1.30 bits per heavy atom. The predicted octanol–water partition coefficient (Wildman–Crippen LogP) is 2.63. The minimum Gasteiger partial charge on any atom is -0.468 e. The van der Waals surface area contributed by atoms with E-state index in [9.17, 15) is 15.0 Å². The Bertz CT molecular complexity index is 678. The molecule has 6 heteroatoms. The van der Waals surface area contributed by atoms with Gasteiger partial charge in [-0.3, -0.25) is 4.79 Å². The lowest BCUT2D eigenvalue weighted by atomic mass is 10.0. The SMILES string of the molecule is O=C(NC(CO)C(O)c1ccc(Cl)cc1)c1ccoc1C1CC1. The number of carbonyl (C=O) groups is 1. The molecule has 2 atom stereocenters. The summed E-state index contributed by atoms with van der Waals surface area (Å²) in [6.07, 6.45) is 2.50. The van der Waals surface area contributed by atoms with Gasteiger partial charge in [-0.05, 0) is 36.6 Å². The van der Waals surface area contributed by atoms with Crippen molar-refractivity contribution in [2.75, 3.05) is 6.61 Å². The van der Waals surface area contributed by atoms with Crippen LogP contribution in [0.2, 0.25) is 5.02 Å². The average molecular weight is 336 g/mol. The zero-order chi connectivity index (χ0) is 16.4. The van der Waals surface area contributed by atoms with Gasteiger partial charge < -0.3 is 19.9 Å². The summed E-state index contributed by atoms with van der Waals surface area (Å²) < 4.78 is 5.38. The molecule has 5 nitrogen and oxygen atoms in total. The first kappa shape index (κ1) is 16.1. The Hall–Kier alpha value is -1.82. The summed E-state index contributed by atoms with van der Waals surface area (Å²) in [6, 6.07) is 7.43. The van der Waals surface area contributed by atoms with Crippen molar-refractivity contribution in [2.45, 2.75) is 30.9 Å². The molecule has 1 aliphatic rings. The van der Waals surface area contributed by atoms with Gasteiger partial charge >= 0.3 is 0 Å². The Kier molecular flexibility index (Phi) is 4.71. The second-order valence-corrected chi connectivity index (χ2v) is 6.17. The lowest BCUT2D eigenvalue weighted by Gasteiger charge is -2.22. The third-order valence-corrected chi connectivity index (χ3v) is 4.25. The number of hydrogen-bond donors (Lipinski definition) is 3. The zero-order valence-corrected chi connectivity index (χ0v) is 13.2. The molecule has 0 saturated heterocycles. The van der Waals surface area contributed by atoms with Gasteiger partial charge in [-0.1, -0.05) is 23.7 Å². The molecule has 0 bridgehead atoms. The molecule has 0 aliphatic heterocycles. The number of halogens is 1. The number of carbonyl (C=O) groups excluding carboxylic acids is 1. The number of aliphatic hydroxyl groups excluding tert-OH is 2. The highest BCUT2D eigenvalue weighted by Gasteiger charge is 2.32. The number of aliphatic hydroxyl groups is 2. The van der Waals surface area contributed by atoms with E-state index in [1.54, 1.807) is 30.3 Å². The fourth-order valence-corrected chi connectivity index (χ4v) is 2.66. The molecule has 1 fully saturated rings. The molecule has 3 N–H and O–H groups in total. The largest absolute Gasteiger partial charge is 0.468 e. The second-order valence-electron chi connectivity index (χ2n) is 5.73. The Morgan fingerprint density at radius 3 is 2.61 bits per heavy atom. The molecule has 122 valence electrons. The van der Waals surface area contributed by atoms with Crippen LogP contribution >= 0.6 is 11.6 Å². The maximum absolute atomic E-state index is 12.4. The van der Waals surface area contributed by atoms with Gasteiger partial charge in [-0.25, -0.2) is 0 Å². The van der Waals surface area contributed by atoms with E-state index in [0.29, 0.717) is 27.8 Å². The van der Waals surface area contributed by atoms with Crippen molar-refractivity contribution < 1.29 is 19.4 Å². The molecule has 1 aromatic heterocycles. The quantitative estimate of drug-likeness (QED) is 0.758. The van der Waals surface area contributed by atoms with Crippen LogP contribution in [0.5, 0.6) is 0 Å². The summed E-state index contributed by atoms with van der Waals surface area (Å²) in [7, 11) is 0. The highest BCUT2D eigenvalue weighted by atomic mass is 35.5. The van der Waals surface area contributed by atoms with E-state index < -0.39 is 12.1 Å². The normalized spacial score (nSPS) is 16.8. The topological polar surface area (TPSA) is 82.7 Å². The van der Waals surface area contributed by atoms with E-state index in [1.807, 2.05) is 0 Å². The van der Waals surface area contributed by atoms with Crippen LogP contribution in [-0.2, 0) is 0 Å². The van der Waals surface area contributed by atoms with Crippen LogP contribution < -0.4 is 5.32 Å². The molecule has 1 aliphatic carbocycles. The van der Waals surface area contributed by atoms with Crippen molar-refractivity contribution in [3.05, 3.63) is 58.5 Å². The maximum Gasteiger partial charge on any atom is 0.255 e. The molecule has 1 amide bonds. The summed E-state index contributed by atoms with van der Waals surface area (Å²) in [4.78, 5) is 12.4. The number of hydrogen-bond acceptors (Lipinski definition) is 4. The molecule has 1 saturated carbocycles. The van der Waals surface area contributed by atoms with Gasteiger partial charge in [0.15, 0.2) is 0 Å². The van der Waals surface area contributed by atoms with Crippen molar-refractivity contribution >= 4 is 17.5 Å². The first-order valence-electron chi connectivity index (χ1n) is 7.52. The van der Waals surface area contributed by atoms with Crippen molar-refractivity contribution in [3.63, 3.8) is 0 Å². The lowest BCUT2D eigenvalue weighted by molar-refractivity contribution is 0.0701. The van der Waals surface area contributed by atoms with E-state index in [2.05, 4.69) is 5.32 Å². The number of amides is 1. The Labute approximate surface area is 138 Å². The number of nitrogens with one attached hydrogen (secondary N) is 1. The number of rotatable bonds is 6. The zero-order valence-electron chi connectivity index (χ0n) is 12.4. The molecule has 23 heavy (non-hydrogen) atoms. The van der Waals surface area contributed by atoms with Gasteiger partial charge in [0.1, 0.15) is 11.9 Å². The van der Waals surface area contributed by atoms with E-state index in [0.717, 1.165) is 12.8 Å². The van der Waals surface area contributed by atoms with Crippen molar-refractivity contribution in [1.82, 2.24) is 5.32 Å². The minimum atomic E-state index is -1.03. The van der Waals surface area contributed by atoms with Crippen molar-refractivity contribution in [2.24, 2.45) is 0 Å². The molecule has 1 heterocycles. The van der Waals surface area contributed by atoms with Crippen LogP contribution in [0.4, 0.5) is 0 Å². The fraction of sp³-hybridized carbons (Fsp3) is 0.353. The van der Waals surface area contributed by atoms with E-state index in [4.69, 9.17) is 16.0 Å². The Morgan fingerprint density at radius 2 is 2.00 bits per heavy atom. The van der Waals surface area contributed by atoms with Gasteiger partial charge in [0, 0.05) is 10.9 Å². The van der Waals surface area contributed by atoms with E-state index in [1.165, 1.54) is 6.26 Å². The van der Waals surface area contributed by atoms with Crippen LogP contribution in [0.1, 0.15) is 46.5 Å². The summed E-state index contributed by atoms with van der Waals surface area (Å²) >= 11 is 5.82. The summed E-state index contributed by atoms with van der Waals surface area (Å²) in [5, 5.41) is 23.1.